The smallest absolute Gasteiger partial charge is 0.348 e. The van der Waals surface area contributed by atoms with Crippen molar-refractivity contribution in [3.8, 4) is 0 Å². The molecule has 0 atom stereocenters. The standard InChI is InChI=1S/C17H18FNO4S2/c1-3-13-14(10-4-5-10)15(17(20)23-2)24-16(13)19-25(21,22)12-8-6-11(18)7-9-12/h6-10,19H,3-5H2,1-2H3. The van der Waals surface area contributed by atoms with E-state index in [0.717, 1.165) is 47.4 Å². The van der Waals surface area contributed by atoms with E-state index in [0.29, 0.717) is 16.3 Å². The van der Waals surface area contributed by atoms with E-state index in [4.69, 9.17) is 4.74 Å². The van der Waals surface area contributed by atoms with Crippen LogP contribution in [0, 0.1) is 5.82 Å². The number of nitrogens with one attached hydrogen (secondary N) is 1. The van der Waals surface area contributed by atoms with Gasteiger partial charge in [0.25, 0.3) is 10.0 Å². The number of methoxy groups -OCH3 is 1. The molecule has 0 radical (unpaired) electrons. The van der Waals surface area contributed by atoms with Crippen LogP contribution in [0.5, 0.6) is 0 Å². The lowest BCUT2D eigenvalue weighted by Crippen LogP contribution is -2.13. The quantitative estimate of drug-likeness (QED) is 0.768. The lowest BCUT2D eigenvalue weighted by atomic mass is 10.0. The third-order valence-corrected chi connectivity index (χ3v) is 6.75. The Labute approximate surface area is 149 Å². The van der Waals surface area contributed by atoms with E-state index >= 15 is 0 Å². The maximum absolute atomic E-state index is 13.0. The van der Waals surface area contributed by atoms with Gasteiger partial charge >= 0.3 is 5.97 Å². The van der Waals surface area contributed by atoms with Gasteiger partial charge in [0.05, 0.1) is 12.0 Å². The number of ether oxygens (including phenoxy) is 1. The zero-order chi connectivity index (χ0) is 18.2. The summed E-state index contributed by atoms with van der Waals surface area (Å²) in [6.45, 7) is 1.92. The summed E-state index contributed by atoms with van der Waals surface area (Å²) in [6.07, 6.45) is 2.57. The highest BCUT2D eigenvalue weighted by Gasteiger charge is 2.35. The molecule has 1 saturated carbocycles. The average Bonchev–Trinajstić information content (AvgIpc) is 3.36. The highest BCUT2D eigenvalue weighted by atomic mass is 32.2. The number of rotatable bonds is 6. The third kappa shape index (κ3) is 3.55. The van der Waals surface area contributed by atoms with Crippen molar-refractivity contribution >= 4 is 32.3 Å². The second kappa shape index (κ2) is 6.76. The molecule has 5 nitrogen and oxygen atoms in total. The van der Waals surface area contributed by atoms with Crippen LogP contribution in [0.1, 0.15) is 46.5 Å². The summed E-state index contributed by atoms with van der Waals surface area (Å²) in [6, 6.07) is 4.61. The Hall–Kier alpha value is -1.93. The summed E-state index contributed by atoms with van der Waals surface area (Å²) in [5.74, 6) is -0.675. The maximum Gasteiger partial charge on any atom is 0.348 e. The first-order valence-electron chi connectivity index (χ1n) is 7.89. The summed E-state index contributed by atoms with van der Waals surface area (Å²) >= 11 is 1.10. The summed E-state index contributed by atoms with van der Waals surface area (Å²) in [5, 5.41) is 0.425. The van der Waals surface area contributed by atoms with Gasteiger partial charge in [0.2, 0.25) is 0 Å². The van der Waals surface area contributed by atoms with Crippen LogP contribution in [0.25, 0.3) is 0 Å². The van der Waals surface area contributed by atoms with Gasteiger partial charge in [-0.3, -0.25) is 4.72 Å². The van der Waals surface area contributed by atoms with Crippen molar-refractivity contribution < 1.29 is 22.3 Å². The molecule has 0 aliphatic heterocycles. The minimum absolute atomic E-state index is 0.0306. The molecule has 1 aliphatic carbocycles. The molecule has 1 N–H and O–H groups in total. The molecule has 1 aliphatic rings. The molecule has 0 bridgehead atoms. The predicted molar refractivity (Wildman–Crippen MR) is 94.2 cm³/mol. The van der Waals surface area contributed by atoms with E-state index in [1.54, 1.807) is 0 Å². The van der Waals surface area contributed by atoms with E-state index < -0.39 is 21.8 Å². The molecule has 2 aromatic rings. The molecule has 0 saturated heterocycles. The number of esters is 1. The van der Waals surface area contributed by atoms with Crippen LogP contribution in [0.3, 0.4) is 0 Å². The van der Waals surface area contributed by atoms with E-state index in [1.165, 1.54) is 19.2 Å². The molecular formula is C17H18FNO4S2. The molecule has 134 valence electrons. The molecule has 1 aromatic heterocycles. The minimum Gasteiger partial charge on any atom is -0.465 e. The number of carbonyl (C=O) groups is 1. The molecule has 1 heterocycles. The predicted octanol–water partition coefficient (Wildman–Crippen LogP) is 3.91. The normalized spacial score (nSPS) is 14.4. The van der Waals surface area contributed by atoms with Gasteiger partial charge in [-0.2, -0.15) is 0 Å². The van der Waals surface area contributed by atoms with E-state index in [2.05, 4.69) is 4.72 Å². The van der Waals surface area contributed by atoms with Gasteiger partial charge in [0.1, 0.15) is 15.7 Å². The van der Waals surface area contributed by atoms with E-state index in [-0.39, 0.29) is 10.8 Å². The molecule has 8 heteroatoms. The zero-order valence-corrected chi connectivity index (χ0v) is 15.5. The Morgan fingerprint density at radius 1 is 1.32 bits per heavy atom. The molecular weight excluding hydrogens is 365 g/mol. The monoisotopic (exact) mass is 383 g/mol. The molecule has 0 spiro atoms. The highest BCUT2D eigenvalue weighted by Crippen LogP contribution is 2.49. The largest absolute Gasteiger partial charge is 0.465 e. The topological polar surface area (TPSA) is 72.5 Å². The highest BCUT2D eigenvalue weighted by molar-refractivity contribution is 7.93. The van der Waals surface area contributed by atoms with Crippen LogP contribution < -0.4 is 4.72 Å². The van der Waals surface area contributed by atoms with Crippen LogP contribution in [-0.4, -0.2) is 21.5 Å². The van der Waals surface area contributed by atoms with Crippen LogP contribution in [0.15, 0.2) is 29.2 Å². The first-order chi connectivity index (χ1) is 11.9. The van der Waals surface area contributed by atoms with Crippen LogP contribution in [0.4, 0.5) is 9.39 Å². The Balaban J connectivity index is 2.02. The van der Waals surface area contributed by atoms with Gasteiger partial charge in [-0.15, -0.1) is 11.3 Å². The number of thiophene rings is 1. The number of hydrogen-bond acceptors (Lipinski definition) is 5. The SMILES string of the molecule is CCc1c(NS(=O)(=O)c2ccc(F)cc2)sc(C(=O)OC)c1C1CC1. The number of halogens is 1. The maximum atomic E-state index is 13.0. The van der Waals surface area contributed by atoms with Crippen molar-refractivity contribution in [3.05, 3.63) is 46.1 Å². The minimum atomic E-state index is -3.86. The Morgan fingerprint density at radius 2 is 1.96 bits per heavy atom. The number of sulfonamides is 1. The average molecular weight is 383 g/mol. The molecule has 3 rings (SSSR count). The van der Waals surface area contributed by atoms with Crippen molar-refractivity contribution in [3.63, 3.8) is 0 Å². The summed E-state index contributed by atoms with van der Waals surface area (Å²) < 4.78 is 45.6. The number of hydrogen-bond donors (Lipinski definition) is 1. The molecule has 0 unspecified atom stereocenters. The van der Waals surface area contributed by atoms with Crippen molar-refractivity contribution in [2.75, 3.05) is 11.8 Å². The molecule has 0 amide bonds. The summed E-state index contributed by atoms with van der Waals surface area (Å²) in [4.78, 5) is 12.5. The van der Waals surface area contributed by atoms with Crippen LogP contribution in [0.2, 0.25) is 0 Å². The lowest BCUT2D eigenvalue weighted by Gasteiger charge is -2.09. The fourth-order valence-electron chi connectivity index (χ4n) is 2.75. The van der Waals surface area contributed by atoms with Gasteiger partial charge in [-0.05, 0) is 60.6 Å². The van der Waals surface area contributed by atoms with E-state index in [9.17, 15) is 17.6 Å². The fourth-order valence-corrected chi connectivity index (χ4v) is 5.38. The fraction of sp³-hybridized carbons (Fsp3) is 0.353. The summed E-state index contributed by atoms with van der Waals surface area (Å²) in [5.41, 5.74) is 1.73. The summed E-state index contributed by atoms with van der Waals surface area (Å²) in [7, 11) is -2.55. The molecule has 1 fully saturated rings. The van der Waals surface area contributed by atoms with Crippen molar-refractivity contribution in [2.24, 2.45) is 0 Å². The van der Waals surface area contributed by atoms with Crippen molar-refractivity contribution in [1.29, 1.82) is 0 Å². The van der Waals surface area contributed by atoms with Gasteiger partial charge in [0.15, 0.2) is 0 Å². The van der Waals surface area contributed by atoms with Crippen LogP contribution in [-0.2, 0) is 21.2 Å². The number of carbonyl (C=O) groups excluding carboxylic acids is 1. The molecule has 1 aromatic carbocycles. The van der Waals surface area contributed by atoms with E-state index in [1.807, 2.05) is 6.92 Å². The second-order valence-corrected chi connectivity index (χ2v) is 8.53. The Morgan fingerprint density at radius 3 is 2.48 bits per heavy atom. The Bertz CT molecular complexity index is 899. The number of anilines is 1. The first-order valence-corrected chi connectivity index (χ1v) is 10.2. The van der Waals surface area contributed by atoms with Gasteiger partial charge < -0.3 is 4.74 Å². The van der Waals surface area contributed by atoms with Gasteiger partial charge in [0, 0.05) is 0 Å². The van der Waals surface area contributed by atoms with Crippen molar-refractivity contribution in [1.82, 2.24) is 0 Å². The first kappa shape index (κ1) is 17.9. The Kier molecular flexibility index (Phi) is 4.83. The van der Waals surface area contributed by atoms with Gasteiger partial charge in [-0.25, -0.2) is 17.6 Å². The van der Waals surface area contributed by atoms with Gasteiger partial charge in [-0.1, -0.05) is 6.92 Å². The second-order valence-electron chi connectivity index (χ2n) is 5.83. The lowest BCUT2D eigenvalue weighted by molar-refractivity contribution is 0.0605. The molecule has 25 heavy (non-hydrogen) atoms. The van der Waals surface area contributed by atoms with Crippen molar-refractivity contribution in [2.45, 2.75) is 37.0 Å². The van der Waals surface area contributed by atoms with Crippen LogP contribution >= 0.6 is 11.3 Å². The zero-order valence-electron chi connectivity index (χ0n) is 13.8. The third-order valence-electron chi connectivity index (χ3n) is 4.11. The number of benzene rings is 1.